The van der Waals surface area contributed by atoms with Crippen LogP contribution in [0, 0.1) is 18.8 Å². The van der Waals surface area contributed by atoms with E-state index in [4.69, 9.17) is 11.6 Å². The van der Waals surface area contributed by atoms with Gasteiger partial charge in [-0.05, 0) is 48.4 Å². The average molecular weight is 303 g/mol. The van der Waals surface area contributed by atoms with Crippen LogP contribution in [0.15, 0.2) is 72.8 Å². The standard InChI is InChI=1S/C21H15Cl/c1-16-6-8-17(9-7-16)10-11-18-4-2-3-5-21(18)19-12-14-20(22)15-13-19/h2-9,12-15H,1H3. The molecule has 0 amide bonds. The predicted molar refractivity (Wildman–Crippen MR) is 94.0 cm³/mol. The maximum absolute atomic E-state index is 5.96. The number of hydrogen-bond donors (Lipinski definition) is 0. The van der Waals surface area contributed by atoms with Crippen LogP contribution >= 0.6 is 11.6 Å². The first kappa shape index (κ1) is 14.4. The monoisotopic (exact) mass is 302 g/mol. The molecule has 22 heavy (non-hydrogen) atoms. The molecule has 3 rings (SSSR count). The van der Waals surface area contributed by atoms with Gasteiger partial charge in [-0.1, -0.05) is 71.5 Å². The lowest BCUT2D eigenvalue weighted by atomic mass is 10.00. The van der Waals surface area contributed by atoms with Crippen LogP contribution in [-0.2, 0) is 0 Å². The summed E-state index contributed by atoms with van der Waals surface area (Å²) in [6, 6.07) is 24.3. The van der Waals surface area contributed by atoms with Gasteiger partial charge in [-0.3, -0.25) is 0 Å². The summed E-state index contributed by atoms with van der Waals surface area (Å²) in [6.45, 7) is 2.08. The zero-order chi connectivity index (χ0) is 15.4. The van der Waals surface area contributed by atoms with Gasteiger partial charge in [0, 0.05) is 16.1 Å². The van der Waals surface area contributed by atoms with Crippen LogP contribution < -0.4 is 0 Å². The molecule has 0 spiro atoms. The lowest BCUT2D eigenvalue weighted by Gasteiger charge is -2.04. The summed E-state index contributed by atoms with van der Waals surface area (Å²) in [5.41, 5.74) is 5.53. The van der Waals surface area contributed by atoms with Crippen LogP contribution in [0.4, 0.5) is 0 Å². The van der Waals surface area contributed by atoms with Gasteiger partial charge in [0.1, 0.15) is 0 Å². The summed E-state index contributed by atoms with van der Waals surface area (Å²) in [7, 11) is 0. The van der Waals surface area contributed by atoms with Gasteiger partial charge in [-0.25, -0.2) is 0 Å². The van der Waals surface area contributed by atoms with E-state index in [1.54, 1.807) is 0 Å². The van der Waals surface area contributed by atoms with Crippen LogP contribution in [0.25, 0.3) is 11.1 Å². The fourth-order valence-electron chi connectivity index (χ4n) is 2.25. The molecule has 0 aromatic heterocycles. The van der Waals surface area contributed by atoms with Gasteiger partial charge in [0.2, 0.25) is 0 Å². The van der Waals surface area contributed by atoms with Crippen molar-refractivity contribution in [3.05, 3.63) is 94.5 Å². The van der Waals surface area contributed by atoms with Gasteiger partial charge in [-0.15, -0.1) is 0 Å². The molecular formula is C21H15Cl. The van der Waals surface area contributed by atoms with Crippen molar-refractivity contribution in [2.24, 2.45) is 0 Å². The molecule has 0 saturated carbocycles. The minimum absolute atomic E-state index is 0.743. The second-order valence-corrected chi connectivity index (χ2v) is 5.60. The molecular weight excluding hydrogens is 288 g/mol. The van der Waals surface area contributed by atoms with Crippen molar-refractivity contribution in [3.8, 4) is 23.0 Å². The minimum atomic E-state index is 0.743. The van der Waals surface area contributed by atoms with E-state index in [9.17, 15) is 0 Å². The Hall–Kier alpha value is -2.49. The van der Waals surface area contributed by atoms with Gasteiger partial charge in [0.25, 0.3) is 0 Å². The fourth-order valence-corrected chi connectivity index (χ4v) is 2.38. The minimum Gasteiger partial charge on any atom is -0.0843 e. The maximum Gasteiger partial charge on any atom is 0.0406 e. The van der Waals surface area contributed by atoms with E-state index in [2.05, 4.69) is 37.0 Å². The lowest BCUT2D eigenvalue weighted by Crippen LogP contribution is -1.84. The number of aryl methyl sites for hydroxylation is 1. The van der Waals surface area contributed by atoms with Crippen LogP contribution in [0.1, 0.15) is 16.7 Å². The zero-order valence-electron chi connectivity index (χ0n) is 12.3. The number of rotatable bonds is 1. The van der Waals surface area contributed by atoms with Crippen molar-refractivity contribution in [1.82, 2.24) is 0 Å². The van der Waals surface area contributed by atoms with Crippen molar-refractivity contribution in [2.75, 3.05) is 0 Å². The predicted octanol–water partition coefficient (Wildman–Crippen LogP) is 5.72. The summed E-state index contributed by atoms with van der Waals surface area (Å²) >= 11 is 5.96. The lowest BCUT2D eigenvalue weighted by molar-refractivity contribution is 1.46. The molecule has 3 aromatic carbocycles. The molecule has 0 saturated heterocycles. The van der Waals surface area contributed by atoms with E-state index < -0.39 is 0 Å². The molecule has 0 aliphatic heterocycles. The topological polar surface area (TPSA) is 0 Å². The highest BCUT2D eigenvalue weighted by Crippen LogP contribution is 2.24. The van der Waals surface area contributed by atoms with Crippen LogP contribution in [0.2, 0.25) is 5.02 Å². The van der Waals surface area contributed by atoms with E-state index >= 15 is 0 Å². The van der Waals surface area contributed by atoms with Crippen LogP contribution in [0.3, 0.4) is 0 Å². The Morgan fingerprint density at radius 1 is 0.727 bits per heavy atom. The second-order valence-electron chi connectivity index (χ2n) is 5.17. The quantitative estimate of drug-likeness (QED) is 0.505. The highest BCUT2D eigenvalue weighted by atomic mass is 35.5. The second kappa shape index (κ2) is 6.52. The van der Waals surface area contributed by atoms with Gasteiger partial charge < -0.3 is 0 Å². The Kier molecular flexibility index (Phi) is 4.28. The van der Waals surface area contributed by atoms with Crippen LogP contribution in [0.5, 0.6) is 0 Å². The van der Waals surface area contributed by atoms with Crippen molar-refractivity contribution in [3.63, 3.8) is 0 Å². The van der Waals surface area contributed by atoms with Gasteiger partial charge in [-0.2, -0.15) is 0 Å². The van der Waals surface area contributed by atoms with Crippen molar-refractivity contribution in [1.29, 1.82) is 0 Å². The fraction of sp³-hybridized carbons (Fsp3) is 0.0476. The average Bonchev–Trinajstić information content (AvgIpc) is 2.55. The first-order valence-corrected chi connectivity index (χ1v) is 7.54. The Balaban J connectivity index is 1.99. The van der Waals surface area contributed by atoms with Crippen LogP contribution in [-0.4, -0.2) is 0 Å². The van der Waals surface area contributed by atoms with Gasteiger partial charge in [0.05, 0.1) is 0 Å². The normalized spacial score (nSPS) is 9.91. The number of halogens is 1. The summed E-state index contributed by atoms with van der Waals surface area (Å²) < 4.78 is 0. The largest absolute Gasteiger partial charge is 0.0843 e. The van der Waals surface area contributed by atoms with E-state index in [1.807, 2.05) is 54.6 Å². The molecule has 0 unspecified atom stereocenters. The molecule has 0 bridgehead atoms. The zero-order valence-corrected chi connectivity index (χ0v) is 13.1. The smallest absolute Gasteiger partial charge is 0.0406 e. The molecule has 0 radical (unpaired) electrons. The maximum atomic E-state index is 5.96. The summed E-state index contributed by atoms with van der Waals surface area (Å²) in [4.78, 5) is 0. The Labute approximate surface area is 136 Å². The molecule has 0 N–H and O–H groups in total. The van der Waals surface area contributed by atoms with Crippen molar-refractivity contribution < 1.29 is 0 Å². The molecule has 0 aliphatic rings. The molecule has 1 heteroatoms. The first-order chi connectivity index (χ1) is 10.7. The summed E-state index contributed by atoms with van der Waals surface area (Å²) in [6.07, 6.45) is 0. The third-order valence-electron chi connectivity index (χ3n) is 3.48. The van der Waals surface area contributed by atoms with E-state index in [1.165, 1.54) is 5.56 Å². The third kappa shape index (κ3) is 3.39. The van der Waals surface area contributed by atoms with Gasteiger partial charge in [0.15, 0.2) is 0 Å². The molecule has 0 aliphatic carbocycles. The van der Waals surface area contributed by atoms with Crippen molar-refractivity contribution in [2.45, 2.75) is 6.92 Å². The number of benzene rings is 3. The molecule has 0 atom stereocenters. The number of hydrogen-bond acceptors (Lipinski definition) is 0. The molecule has 0 heterocycles. The molecule has 0 fully saturated rings. The highest BCUT2D eigenvalue weighted by molar-refractivity contribution is 6.30. The van der Waals surface area contributed by atoms with Gasteiger partial charge >= 0.3 is 0 Å². The first-order valence-electron chi connectivity index (χ1n) is 7.16. The van der Waals surface area contributed by atoms with E-state index in [0.717, 1.165) is 27.3 Å². The van der Waals surface area contributed by atoms with E-state index in [-0.39, 0.29) is 0 Å². The SMILES string of the molecule is Cc1ccc(C#Cc2ccccc2-c2ccc(Cl)cc2)cc1. The third-order valence-corrected chi connectivity index (χ3v) is 3.73. The van der Waals surface area contributed by atoms with Crippen molar-refractivity contribution >= 4 is 11.6 Å². The highest BCUT2D eigenvalue weighted by Gasteiger charge is 2.02. The Bertz CT molecular complexity index is 832. The Morgan fingerprint density at radius 2 is 1.41 bits per heavy atom. The summed E-state index contributed by atoms with van der Waals surface area (Å²) in [5, 5.41) is 0.743. The molecule has 0 nitrogen and oxygen atoms in total. The molecule has 3 aromatic rings. The summed E-state index contributed by atoms with van der Waals surface area (Å²) in [5.74, 6) is 6.51. The van der Waals surface area contributed by atoms with E-state index in [0.29, 0.717) is 0 Å². The molecule has 106 valence electrons. The Morgan fingerprint density at radius 3 is 2.14 bits per heavy atom.